The Bertz CT molecular complexity index is 1170. The van der Waals surface area contributed by atoms with Gasteiger partial charge >= 0.3 is 6.09 Å². The number of carbonyl (C=O) groups excluding carboxylic acids is 3. The summed E-state index contributed by atoms with van der Waals surface area (Å²) in [5.74, 6) is -1.39. The third kappa shape index (κ3) is 5.66. The van der Waals surface area contributed by atoms with Crippen LogP contribution in [0.1, 0.15) is 53.1 Å². The Morgan fingerprint density at radius 3 is 2.64 bits per heavy atom. The molecule has 0 spiro atoms. The van der Waals surface area contributed by atoms with Gasteiger partial charge in [0.05, 0.1) is 23.4 Å². The lowest BCUT2D eigenvalue weighted by atomic mass is 10.0. The Kier molecular flexibility index (Phi) is 9.00. The highest BCUT2D eigenvalue weighted by Crippen LogP contribution is 2.39. The van der Waals surface area contributed by atoms with Crippen LogP contribution in [0.4, 0.5) is 14.9 Å². The number of aromatic nitrogens is 1. The van der Waals surface area contributed by atoms with E-state index in [1.807, 2.05) is 0 Å². The minimum Gasteiger partial charge on any atom is -0.449 e. The molecule has 0 radical (unpaired) electrons. The minimum atomic E-state index is -0.850. The number of aryl methyl sites for hydroxylation is 1. The van der Waals surface area contributed by atoms with E-state index in [1.165, 1.54) is 18.2 Å². The SMILES string of the molecule is CCN(CC)CCNC(=O)c1c(C)[nH]c(C=C2C(=O)N(C(=O)OCCCN)c3ccc(F)cc32)c1C. The summed E-state index contributed by atoms with van der Waals surface area (Å²) in [5.41, 5.74) is 8.38. The fourth-order valence-corrected chi connectivity index (χ4v) is 4.25. The van der Waals surface area contributed by atoms with Crippen molar-refractivity contribution in [3.8, 4) is 0 Å². The van der Waals surface area contributed by atoms with Crippen molar-refractivity contribution in [1.82, 2.24) is 15.2 Å². The lowest BCUT2D eigenvalue weighted by Gasteiger charge is -2.18. The number of nitrogens with zero attached hydrogens (tertiary/aromatic N) is 2. The molecule has 0 saturated carbocycles. The number of benzene rings is 1. The Balaban J connectivity index is 1.90. The lowest BCUT2D eigenvalue weighted by Crippen LogP contribution is -2.35. The second-order valence-corrected chi connectivity index (χ2v) is 8.56. The number of imide groups is 1. The van der Waals surface area contributed by atoms with Crippen molar-refractivity contribution in [2.24, 2.45) is 5.73 Å². The topological polar surface area (TPSA) is 121 Å². The molecule has 0 fully saturated rings. The summed E-state index contributed by atoms with van der Waals surface area (Å²) in [4.78, 5) is 45.1. The highest BCUT2D eigenvalue weighted by Gasteiger charge is 2.38. The fraction of sp³-hybridized carbons (Fsp3) is 0.423. The van der Waals surface area contributed by atoms with Crippen LogP contribution in [0.15, 0.2) is 18.2 Å². The average Bonchev–Trinajstić information content (AvgIpc) is 3.28. The van der Waals surface area contributed by atoms with Gasteiger partial charge in [0.15, 0.2) is 0 Å². The summed E-state index contributed by atoms with van der Waals surface area (Å²) < 4.78 is 19.3. The van der Waals surface area contributed by atoms with Crippen molar-refractivity contribution in [2.75, 3.05) is 44.2 Å². The predicted octanol–water partition coefficient (Wildman–Crippen LogP) is 3.21. The van der Waals surface area contributed by atoms with Gasteiger partial charge in [-0.25, -0.2) is 14.1 Å². The molecular weight excluding hydrogens is 465 g/mol. The standard InChI is InChI=1S/C26H34FN5O4/c1-5-31(6-2)12-11-29-24(33)23-16(3)21(30-17(23)4)15-20-19-14-18(27)8-9-22(19)32(25(20)34)26(35)36-13-7-10-28/h8-9,14-15,30H,5-7,10-13,28H2,1-4H3,(H,29,33). The maximum atomic E-state index is 14.1. The normalized spacial score (nSPS) is 14.0. The van der Waals surface area contributed by atoms with E-state index in [1.54, 1.807) is 19.9 Å². The van der Waals surface area contributed by atoms with Crippen molar-refractivity contribution < 1.29 is 23.5 Å². The van der Waals surface area contributed by atoms with Crippen molar-refractivity contribution in [1.29, 1.82) is 0 Å². The number of halogens is 1. The monoisotopic (exact) mass is 499 g/mol. The first kappa shape index (κ1) is 27.1. The molecule has 3 rings (SSSR count). The van der Waals surface area contributed by atoms with Crippen molar-refractivity contribution >= 4 is 35.2 Å². The van der Waals surface area contributed by atoms with Gasteiger partial charge in [-0.15, -0.1) is 0 Å². The number of ether oxygens (including phenoxy) is 1. The highest BCUT2D eigenvalue weighted by molar-refractivity contribution is 6.41. The molecule has 1 aliphatic heterocycles. The summed E-state index contributed by atoms with van der Waals surface area (Å²) in [7, 11) is 0. The van der Waals surface area contributed by atoms with Crippen LogP contribution in [0, 0.1) is 19.7 Å². The first-order valence-corrected chi connectivity index (χ1v) is 12.2. The van der Waals surface area contributed by atoms with E-state index in [9.17, 15) is 18.8 Å². The molecular formula is C26H34FN5O4. The number of aromatic amines is 1. The molecule has 36 heavy (non-hydrogen) atoms. The largest absolute Gasteiger partial charge is 0.449 e. The zero-order chi connectivity index (χ0) is 26.4. The summed E-state index contributed by atoms with van der Waals surface area (Å²) >= 11 is 0. The van der Waals surface area contributed by atoms with Crippen LogP contribution >= 0.6 is 0 Å². The number of likely N-dealkylation sites (N-methyl/N-ethyl adjacent to an activating group) is 1. The van der Waals surface area contributed by atoms with Gasteiger partial charge in [0.1, 0.15) is 5.82 Å². The number of H-pyrrole nitrogens is 1. The quantitative estimate of drug-likeness (QED) is 0.341. The van der Waals surface area contributed by atoms with Crippen LogP contribution in [-0.2, 0) is 9.53 Å². The zero-order valence-electron chi connectivity index (χ0n) is 21.2. The molecule has 3 amide bonds. The maximum Gasteiger partial charge on any atom is 0.421 e. The second kappa shape index (κ2) is 12.0. The van der Waals surface area contributed by atoms with Gasteiger partial charge in [-0.3, -0.25) is 9.59 Å². The second-order valence-electron chi connectivity index (χ2n) is 8.56. The number of nitrogens with one attached hydrogen (secondary N) is 2. The molecule has 1 aromatic heterocycles. The van der Waals surface area contributed by atoms with Crippen LogP contribution in [0.25, 0.3) is 11.6 Å². The van der Waals surface area contributed by atoms with Gasteiger partial charge in [-0.2, -0.15) is 0 Å². The Hall–Kier alpha value is -3.50. The van der Waals surface area contributed by atoms with Gasteiger partial charge in [0, 0.05) is 30.0 Å². The summed E-state index contributed by atoms with van der Waals surface area (Å²) in [6, 6.07) is 3.76. The number of anilines is 1. The lowest BCUT2D eigenvalue weighted by molar-refractivity contribution is -0.112. The number of rotatable bonds is 10. The van der Waals surface area contributed by atoms with Gasteiger partial charge in [0.2, 0.25) is 0 Å². The number of hydrogen-bond donors (Lipinski definition) is 3. The first-order chi connectivity index (χ1) is 17.2. The molecule has 0 aliphatic carbocycles. The molecule has 1 aromatic carbocycles. The number of hydrogen-bond acceptors (Lipinski definition) is 6. The first-order valence-electron chi connectivity index (χ1n) is 12.2. The zero-order valence-corrected chi connectivity index (χ0v) is 21.2. The van der Waals surface area contributed by atoms with E-state index in [0.717, 1.165) is 24.5 Å². The van der Waals surface area contributed by atoms with Crippen molar-refractivity contribution in [2.45, 2.75) is 34.1 Å². The average molecular weight is 500 g/mol. The van der Waals surface area contributed by atoms with Gasteiger partial charge in [0.25, 0.3) is 11.8 Å². The molecule has 9 nitrogen and oxygen atoms in total. The van der Waals surface area contributed by atoms with Crippen molar-refractivity contribution in [3.63, 3.8) is 0 Å². The van der Waals surface area contributed by atoms with E-state index in [4.69, 9.17) is 10.5 Å². The van der Waals surface area contributed by atoms with Gasteiger partial charge < -0.3 is 25.7 Å². The van der Waals surface area contributed by atoms with E-state index in [-0.39, 0.29) is 29.3 Å². The molecule has 0 bridgehead atoms. The number of fused-ring (bicyclic) bond motifs is 1. The molecule has 0 saturated heterocycles. The van der Waals surface area contributed by atoms with Crippen LogP contribution in [0.3, 0.4) is 0 Å². The predicted molar refractivity (Wildman–Crippen MR) is 137 cm³/mol. The highest BCUT2D eigenvalue weighted by atomic mass is 19.1. The number of amides is 3. The van der Waals surface area contributed by atoms with E-state index in [2.05, 4.69) is 29.0 Å². The molecule has 0 unspecified atom stereocenters. The summed E-state index contributed by atoms with van der Waals surface area (Å²) in [5, 5.41) is 2.95. The molecule has 194 valence electrons. The minimum absolute atomic E-state index is 0.0658. The Morgan fingerprint density at radius 1 is 1.25 bits per heavy atom. The Labute approximate surface area is 210 Å². The summed E-state index contributed by atoms with van der Waals surface area (Å²) in [6.07, 6.45) is 1.15. The smallest absolute Gasteiger partial charge is 0.421 e. The van der Waals surface area contributed by atoms with E-state index >= 15 is 0 Å². The molecule has 4 N–H and O–H groups in total. The fourth-order valence-electron chi connectivity index (χ4n) is 4.25. The molecule has 0 atom stereocenters. The molecule has 1 aliphatic rings. The third-order valence-corrected chi connectivity index (χ3v) is 6.28. The number of nitrogens with two attached hydrogens (primary N) is 1. The van der Waals surface area contributed by atoms with Crippen LogP contribution in [0.5, 0.6) is 0 Å². The molecule has 10 heteroatoms. The van der Waals surface area contributed by atoms with Crippen molar-refractivity contribution in [3.05, 3.63) is 52.1 Å². The van der Waals surface area contributed by atoms with E-state index in [0.29, 0.717) is 42.0 Å². The van der Waals surface area contributed by atoms with Crippen LogP contribution in [0.2, 0.25) is 0 Å². The van der Waals surface area contributed by atoms with E-state index < -0.39 is 17.8 Å². The third-order valence-electron chi connectivity index (χ3n) is 6.28. The Morgan fingerprint density at radius 2 is 1.97 bits per heavy atom. The molecule has 2 aromatic rings. The maximum absolute atomic E-state index is 14.1. The van der Waals surface area contributed by atoms with Gasteiger partial charge in [-0.1, -0.05) is 13.8 Å². The van der Waals surface area contributed by atoms with Gasteiger partial charge in [-0.05, 0) is 69.7 Å². The molecule has 2 heterocycles. The van der Waals surface area contributed by atoms with Crippen LogP contribution < -0.4 is 16.0 Å². The number of carbonyl (C=O) groups is 3. The van der Waals surface area contributed by atoms with Crippen LogP contribution in [-0.4, -0.2) is 67.1 Å². The summed E-state index contributed by atoms with van der Waals surface area (Å²) in [6.45, 7) is 11.2.